The Bertz CT molecular complexity index is 407. The first kappa shape index (κ1) is 12.5. The molecule has 2 aromatic carbocycles. The summed E-state index contributed by atoms with van der Waals surface area (Å²) in [6.45, 7) is 4.80. The Balaban J connectivity index is 0.000000165. The van der Waals surface area contributed by atoms with Crippen LogP contribution in [0.3, 0.4) is 0 Å². The molecule has 0 unspecified atom stereocenters. The molecule has 2 aromatic rings. The minimum atomic E-state index is 0.646. The molecule has 1 heteroatoms. The summed E-state index contributed by atoms with van der Waals surface area (Å²) in [4.78, 5) is 0. The standard InChI is InChI=1S/C8H11N.C7H8/c1-7-4-2-3-5-8(7)6-9;1-7-5-3-2-4-6-7/h2-5H,6,9H2,1H3;2-6H,1H3. The van der Waals surface area contributed by atoms with Crippen LogP contribution in [0.15, 0.2) is 54.6 Å². The molecule has 2 N–H and O–H groups in total. The summed E-state index contributed by atoms with van der Waals surface area (Å²) in [5.74, 6) is 0. The van der Waals surface area contributed by atoms with E-state index in [1.165, 1.54) is 16.7 Å². The molecule has 0 amide bonds. The van der Waals surface area contributed by atoms with Gasteiger partial charge < -0.3 is 5.73 Å². The van der Waals surface area contributed by atoms with Gasteiger partial charge in [0.15, 0.2) is 0 Å². The average molecular weight is 213 g/mol. The Morgan fingerprint density at radius 1 is 0.812 bits per heavy atom. The van der Waals surface area contributed by atoms with Crippen molar-refractivity contribution in [3.05, 3.63) is 71.3 Å². The lowest BCUT2D eigenvalue weighted by molar-refractivity contribution is 1.05. The van der Waals surface area contributed by atoms with E-state index in [0.29, 0.717) is 6.54 Å². The van der Waals surface area contributed by atoms with E-state index in [4.69, 9.17) is 5.73 Å². The Hall–Kier alpha value is -1.60. The monoisotopic (exact) mass is 213 g/mol. The molecule has 2 rings (SSSR count). The Labute approximate surface area is 97.9 Å². The van der Waals surface area contributed by atoms with Crippen molar-refractivity contribution in [1.29, 1.82) is 0 Å². The molecule has 0 aliphatic heterocycles. The molecule has 0 radical (unpaired) electrons. The van der Waals surface area contributed by atoms with Gasteiger partial charge in [-0.15, -0.1) is 0 Å². The first-order chi connectivity index (χ1) is 7.74. The fourth-order valence-electron chi connectivity index (χ4n) is 1.37. The van der Waals surface area contributed by atoms with E-state index >= 15 is 0 Å². The van der Waals surface area contributed by atoms with Crippen LogP contribution in [0.5, 0.6) is 0 Å². The highest BCUT2D eigenvalue weighted by molar-refractivity contribution is 5.24. The van der Waals surface area contributed by atoms with Gasteiger partial charge >= 0.3 is 0 Å². The smallest absolute Gasteiger partial charge is 0.0180 e. The first-order valence-electron chi connectivity index (χ1n) is 5.50. The normalized spacial score (nSPS) is 9.19. The highest BCUT2D eigenvalue weighted by Crippen LogP contribution is 2.04. The van der Waals surface area contributed by atoms with Crippen molar-refractivity contribution < 1.29 is 0 Å². The van der Waals surface area contributed by atoms with Crippen molar-refractivity contribution in [2.24, 2.45) is 5.73 Å². The third-order valence-corrected chi connectivity index (χ3v) is 2.42. The van der Waals surface area contributed by atoms with E-state index in [-0.39, 0.29) is 0 Å². The SMILES string of the molecule is Cc1ccccc1.Cc1ccccc1CN. The number of aryl methyl sites for hydroxylation is 2. The quantitative estimate of drug-likeness (QED) is 0.771. The van der Waals surface area contributed by atoms with E-state index in [1.54, 1.807) is 0 Å². The molecule has 16 heavy (non-hydrogen) atoms. The lowest BCUT2D eigenvalue weighted by Gasteiger charge is -1.98. The van der Waals surface area contributed by atoms with Crippen LogP contribution in [-0.2, 0) is 6.54 Å². The molecule has 0 aliphatic carbocycles. The van der Waals surface area contributed by atoms with E-state index in [0.717, 1.165) is 0 Å². The van der Waals surface area contributed by atoms with Gasteiger partial charge in [0, 0.05) is 6.54 Å². The van der Waals surface area contributed by atoms with Crippen molar-refractivity contribution in [1.82, 2.24) is 0 Å². The minimum absolute atomic E-state index is 0.646. The van der Waals surface area contributed by atoms with Gasteiger partial charge in [-0.25, -0.2) is 0 Å². The van der Waals surface area contributed by atoms with Crippen LogP contribution in [0.25, 0.3) is 0 Å². The summed E-state index contributed by atoms with van der Waals surface area (Å²) < 4.78 is 0. The number of hydrogen-bond acceptors (Lipinski definition) is 1. The van der Waals surface area contributed by atoms with Gasteiger partial charge in [-0.2, -0.15) is 0 Å². The Morgan fingerprint density at radius 2 is 1.38 bits per heavy atom. The highest BCUT2D eigenvalue weighted by atomic mass is 14.5. The summed E-state index contributed by atoms with van der Waals surface area (Å²) in [6, 6.07) is 18.4. The van der Waals surface area contributed by atoms with Crippen LogP contribution >= 0.6 is 0 Å². The summed E-state index contributed by atoms with van der Waals surface area (Å²) in [7, 11) is 0. The van der Waals surface area contributed by atoms with Gasteiger partial charge in [-0.05, 0) is 25.0 Å². The van der Waals surface area contributed by atoms with Crippen LogP contribution in [0.4, 0.5) is 0 Å². The highest BCUT2D eigenvalue weighted by Gasteiger charge is 1.89. The zero-order valence-corrected chi connectivity index (χ0v) is 9.98. The molecule has 0 aliphatic rings. The molecule has 0 heterocycles. The van der Waals surface area contributed by atoms with Crippen LogP contribution in [0, 0.1) is 13.8 Å². The Morgan fingerprint density at radius 3 is 1.75 bits per heavy atom. The van der Waals surface area contributed by atoms with Gasteiger partial charge in [0.05, 0.1) is 0 Å². The predicted octanol–water partition coefficient (Wildman–Crippen LogP) is 3.45. The lowest BCUT2D eigenvalue weighted by atomic mass is 10.1. The maximum Gasteiger partial charge on any atom is 0.0180 e. The second-order valence-electron chi connectivity index (χ2n) is 3.79. The van der Waals surface area contributed by atoms with E-state index in [1.807, 2.05) is 30.3 Å². The third kappa shape index (κ3) is 4.28. The van der Waals surface area contributed by atoms with Crippen molar-refractivity contribution >= 4 is 0 Å². The van der Waals surface area contributed by atoms with Gasteiger partial charge in [0.25, 0.3) is 0 Å². The largest absolute Gasteiger partial charge is 0.326 e. The van der Waals surface area contributed by atoms with Crippen molar-refractivity contribution in [3.63, 3.8) is 0 Å². The van der Waals surface area contributed by atoms with E-state index < -0.39 is 0 Å². The molecular weight excluding hydrogens is 194 g/mol. The molecule has 0 aromatic heterocycles. The van der Waals surface area contributed by atoms with Crippen LogP contribution < -0.4 is 5.73 Å². The van der Waals surface area contributed by atoms with E-state index in [9.17, 15) is 0 Å². The molecule has 0 spiro atoms. The summed E-state index contributed by atoms with van der Waals surface area (Å²) in [5, 5.41) is 0. The summed E-state index contributed by atoms with van der Waals surface area (Å²) >= 11 is 0. The van der Waals surface area contributed by atoms with Gasteiger partial charge in [0.1, 0.15) is 0 Å². The molecule has 0 saturated carbocycles. The van der Waals surface area contributed by atoms with Crippen molar-refractivity contribution in [3.8, 4) is 0 Å². The number of nitrogens with two attached hydrogens (primary N) is 1. The van der Waals surface area contributed by atoms with E-state index in [2.05, 4.69) is 38.1 Å². The molecule has 84 valence electrons. The van der Waals surface area contributed by atoms with Crippen LogP contribution in [0.1, 0.15) is 16.7 Å². The Kier molecular flexibility index (Phi) is 5.30. The lowest BCUT2D eigenvalue weighted by Crippen LogP contribution is -1.97. The maximum atomic E-state index is 5.45. The topological polar surface area (TPSA) is 26.0 Å². The van der Waals surface area contributed by atoms with Gasteiger partial charge in [0.2, 0.25) is 0 Å². The number of hydrogen-bond donors (Lipinski definition) is 1. The molecule has 0 atom stereocenters. The average Bonchev–Trinajstić information content (AvgIpc) is 2.31. The fourth-order valence-corrected chi connectivity index (χ4v) is 1.37. The van der Waals surface area contributed by atoms with Crippen molar-refractivity contribution in [2.45, 2.75) is 20.4 Å². The zero-order chi connectivity index (χ0) is 11.8. The third-order valence-electron chi connectivity index (χ3n) is 2.42. The minimum Gasteiger partial charge on any atom is -0.326 e. The molecule has 0 bridgehead atoms. The zero-order valence-electron chi connectivity index (χ0n) is 9.98. The second-order valence-corrected chi connectivity index (χ2v) is 3.79. The second kappa shape index (κ2) is 6.81. The summed E-state index contributed by atoms with van der Waals surface area (Å²) in [6.07, 6.45) is 0. The van der Waals surface area contributed by atoms with Crippen LogP contribution in [-0.4, -0.2) is 0 Å². The maximum absolute atomic E-state index is 5.45. The fraction of sp³-hybridized carbons (Fsp3) is 0.200. The number of rotatable bonds is 1. The van der Waals surface area contributed by atoms with Gasteiger partial charge in [-0.3, -0.25) is 0 Å². The molecular formula is C15H19N. The molecule has 0 fully saturated rings. The molecule has 1 nitrogen and oxygen atoms in total. The first-order valence-corrected chi connectivity index (χ1v) is 5.50. The molecule has 0 saturated heterocycles. The van der Waals surface area contributed by atoms with Crippen molar-refractivity contribution in [2.75, 3.05) is 0 Å². The summed E-state index contributed by atoms with van der Waals surface area (Å²) in [5.41, 5.74) is 9.28. The number of benzene rings is 2. The van der Waals surface area contributed by atoms with Gasteiger partial charge in [-0.1, -0.05) is 60.2 Å². The predicted molar refractivity (Wildman–Crippen MR) is 70.2 cm³/mol. The van der Waals surface area contributed by atoms with Crippen LogP contribution in [0.2, 0.25) is 0 Å².